The van der Waals surface area contributed by atoms with E-state index in [9.17, 15) is 9.59 Å². The molecule has 1 aliphatic heterocycles. The van der Waals surface area contributed by atoms with Crippen molar-refractivity contribution in [2.24, 2.45) is 5.41 Å². The summed E-state index contributed by atoms with van der Waals surface area (Å²) in [5.41, 5.74) is 1.02. The molecule has 2 aromatic heterocycles. The van der Waals surface area contributed by atoms with Crippen LogP contribution in [0, 0.1) is 12.3 Å². The Morgan fingerprint density at radius 2 is 1.85 bits per heavy atom. The molecule has 1 fully saturated rings. The Hall–Kier alpha value is -2.41. The summed E-state index contributed by atoms with van der Waals surface area (Å²) in [6.45, 7) is 9.51. The van der Waals surface area contributed by atoms with Gasteiger partial charge in [0.25, 0.3) is 5.91 Å². The van der Waals surface area contributed by atoms with Gasteiger partial charge in [0, 0.05) is 18.5 Å². The van der Waals surface area contributed by atoms with Gasteiger partial charge in [0.05, 0.1) is 21.8 Å². The minimum absolute atomic E-state index is 0.0718. The molecule has 0 saturated carbocycles. The predicted octanol–water partition coefficient (Wildman–Crippen LogP) is 4.29. The van der Waals surface area contributed by atoms with Gasteiger partial charge >= 0.3 is 0 Å². The number of aryl methyl sites for hydroxylation is 1. The van der Waals surface area contributed by atoms with Crippen molar-refractivity contribution in [3.05, 3.63) is 34.8 Å². The lowest BCUT2D eigenvalue weighted by atomic mass is 9.96. The third-order valence-electron chi connectivity index (χ3n) is 4.48. The summed E-state index contributed by atoms with van der Waals surface area (Å²) in [6.07, 6.45) is 4.09. The number of pyridine rings is 1. The Morgan fingerprint density at radius 1 is 1.15 bits per heavy atom. The first-order valence-corrected chi connectivity index (χ1v) is 10.00. The van der Waals surface area contributed by atoms with Crippen LogP contribution in [0.3, 0.4) is 0 Å². The molecule has 2 N–H and O–H groups in total. The highest BCUT2D eigenvalue weighted by Crippen LogP contribution is 2.29. The normalized spacial score (nSPS) is 14.3. The first-order chi connectivity index (χ1) is 12.7. The van der Waals surface area contributed by atoms with Crippen molar-refractivity contribution in [3.8, 4) is 0 Å². The lowest BCUT2D eigenvalue weighted by Crippen LogP contribution is -2.27. The van der Waals surface area contributed by atoms with Crippen LogP contribution in [-0.2, 0) is 4.79 Å². The second-order valence-electron chi connectivity index (χ2n) is 7.88. The van der Waals surface area contributed by atoms with Gasteiger partial charge in [-0.2, -0.15) is 0 Å². The maximum Gasteiger partial charge on any atom is 0.266 e. The highest BCUT2D eigenvalue weighted by molar-refractivity contribution is 7.18. The number of rotatable bonds is 4. The van der Waals surface area contributed by atoms with Crippen molar-refractivity contribution in [2.45, 2.75) is 40.5 Å². The molecular weight excluding hydrogens is 360 g/mol. The molecule has 3 rings (SSSR count). The molecule has 6 nitrogen and oxygen atoms in total. The van der Waals surface area contributed by atoms with Crippen molar-refractivity contribution >= 4 is 39.7 Å². The summed E-state index contributed by atoms with van der Waals surface area (Å²) < 4.78 is 0. The largest absolute Gasteiger partial charge is 0.357 e. The van der Waals surface area contributed by atoms with Gasteiger partial charge in [-0.1, -0.05) is 20.8 Å². The van der Waals surface area contributed by atoms with Crippen molar-refractivity contribution < 1.29 is 9.59 Å². The van der Waals surface area contributed by atoms with Crippen LogP contribution in [0.5, 0.6) is 0 Å². The molecule has 3 heterocycles. The lowest BCUT2D eigenvalue weighted by molar-refractivity contribution is -0.123. The molecule has 1 aliphatic rings. The molecule has 0 atom stereocenters. The number of thiophene rings is 1. The molecule has 2 amide bonds. The number of nitrogens with one attached hydrogen (secondary N) is 2. The minimum Gasteiger partial charge on any atom is -0.357 e. The quantitative estimate of drug-likeness (QED) is 0.822. The number of anilines is 3. The third kappa shape index (κ3) is 4.66. The van der Waals surface area contributed by atoms with E-state index in [1.807, 2.05) is 45.9 Å². The molecule has 2 aromatic rings. The van der Waals surface area contributed by atoms with Gasteiger partial charge < -0.3 is 15.5 Å². The number of hydrogen-bond acceptors (Lipinski definition) is 5. The third-order valence-corrected chi connectivity index (χ3v) is 5.63. The van der Waals surface area contributed by atoms with Crippen molar-refractivity contribution in [3.63, 3.8) is 0 Å². The zero-order valence-corrected chi connectivity index (χ0v) is 17.1. The van der Waals surface area contributed by atoms with E-state index in [1.165, 1.54) is 24.2 Å². The maximum absolute atomic E-state index is 12.6. The average Bonchev–Trinajstić information content (AvgIpc) is 3.24. The van der Waals surface area contributed by atoms with Gasteiger partial charge in [-0.05, 0) is 43.5 Å². The fourth-order valence-corrected chi connectivity index (χ4v) is 3.81. The zero-order chi connectivity index (χ0) is 19.6. The Labute approximate surface area is 164 Å². The SMILES string of the molecule is Cc1cc(NC(=O)C(C)(C)C)sc1C(=O)Nc1ccc(N2CCCC2)nc1. The van der Waals surface area contributed by atoms with Gasteiger partial charge in [0.2, 0.25) is 5.91 Å². The summed E-state index contributed by atoms with van der Waals surface area (Å²) in [4.78, 5) is 32.1. The lowest BCUT2D eigenvalue weighted by Gasteiger charge is -2.16. The smallest absolute Gasteiger partial charge is 0.266 e. The van der Waals surface area contributed by atoms with Crippen LogP contribution in [0.4, 0.5) is 16.5 Å². The van der Waals surface area contributed by atoms with Crippen LogP contribution in [0.25, 0.3) is 0 Å². The van der Waals surface area contributed by atoms with Crippen molar-refractivity contribution in [1.29, 1.82) is 0 Å². The van der Waals surface area contributed by atoms with Crippen LogP contribution in [0.1, 0.15) is 48.8 Å². The summed E-state index contributed by atoms with van der Waals surface area (Å²) in [6, 6.07) is 5.65. The molecule has 0 aromatic carbocycles. The van der Waals surface area contributed by atoms with Crippen LogP contribution in [-0.4, -0.2) is 29.9 Å². The Morgan fingerprint density at radius 3 is 2.44 bits per heavy atom. The maximum atomic E-state index is 12.6. The molecule has 7 heteroatoms. The molecule has 144 valence electrons. The fourth-order valence-electron chi connectivity index (χ4n) is 2.85. The molecule has 0 unspecified atom stereocenters. The standard InChI is InChI=1S/C20H26N4O2S/c1-13-11-16(23-19(26)20(2,3)4)27-17(13)18(25)22-14-7-8-15(21-12-14)24-9-5-6-10-24/h7-8,11-12H,5-6,9-10H2,1-4H3,(H,22,25)(H,23,26). The molecule has 0 radical (unpaired) electrons. The van der Waals surface area contributed by atoms with Gasteiger partial charge in [-0.3, -0.25) is 9.59 Å². The first-order valence-electron chi connectivity index (χ1n) is 9.18. The molecule has 1 saturated heterocycles. The second-order valence-corrected chi connectivity index (χ2v) is 8.93. The summed E-state index contributed by atoms with van der Waals surface area (Å²) >= 11 is 1.28. The number of hydrogen-bond donors (Lipinski definition) is 2. The van der Waals surface area contributed by atoms with Gasteiger partial charge in [-0.15, -0.1) is 11.3 Å². The predicted molar refractivity (Wildman–Crippen MR) is 111 cm³/mol. The number of carbonyl (C=O) groups excluding carboxylic acids is 2. The van der Waals surface area contributed by atoms with Crippen molar-refractivity contribution in [1.82, 2.24) is 4.98 Å². The van der Waals surface area contributed by atoms with Gasteiger partial charge in [0.15, 0.2) is 0 Å². The highest BCUT2D eigenvalue weighted by atomic mass is 32.1. The van der Waals surface area contributed by atoms with Gasteiger partial charge in [0.1, 0.15) is 5.82 Å². The van der Waals surface area contributed by atoms with E-state index in [0.29, 0.717) is 15.6 Å². The molecular formula is C20H26N4O2S. The molecule has 0 spiro atoms. The van der Waals surface area contributed by atoms with E-state index in [-0.39, 0.29) is 11.8 Å². The molecule has 0 bridgehead atoms. The van der Waals surface area contributed by atoms with E-state index in [2.05, 4.69) is 20.5 Å². The van der Waals surface area contributed by atoms with E-state index >= 15 is 0 Å². The van der Waals surface area contributed by atoms with E-state index in [1.54, 1.807) is 6.20 Å². The second kappa shape index (κ2) is 7.68. The fraction of sp³-hybridized carbons (Fsp3) is 0.450. The Bertz CT molecular complexity index is 831. The minimum atomic E-state index is -0.483. The van der Waals surface area contributed by atoms with Crippen LogP contribution in [0.15, 0.2) is 24.4 Å². The van der Waals surface area contributed by atoms with E-state index < -0.39 is 5.41 Å². The summed E-state index contributed by atoms with van der Waals surface area (Å²) in [5.74, 6) is 0.687. The summed E-state index contributed by atoms with van der Waals surface area (Å²) in [7, 11) is 0. The van der Waals surface area contributed by atoms with Crippen LogP contribution >= 0.6 is 11.3 Å². The average molecular weight is 387 g/mol. The van der Waals surface area contributed by atoms with E-state index in [0.717, 1.165) is 24.5 Å². The molecule has 27 heavy (non-hydrogen) atoms. The van der Waals surface area contributed by atoms with Crippen LogP contribution in [0.2, 0.25) is 0 Å². The monoisotopic (exact) mass is 386 g/mol. The first kappa shape index (κ1) is 19.4. The van der Waals surface area contributed by atoms with Crippen molar-refractivity contribution in [2.75, 3.05) is 28.6 Å². The highest BCUT2D eigenvalue weighted by Gasteiger charge is 2.23. The number of amides is 2. The Kier molecular flexibility index (Phi) is 5.51. The van der Waals surface area contributed by atoms with E-state index in [4.69, 9.17) is 0 Å². The number of aromatic nitrogens is 1. The number of nitrogens with zero attached hydrogens (tertiary/aromatic N) is 2. The Balaban J connectivity index is 1.66. The topological polar surface area (TPSA) is 74.3 Å². The summed E-state index contributed by atoms with van der Waals surface area (Å²) in [5, 5.41) is 6.45. The number of carbonyl (C=O) groups is 2. The van der Waals surface area contributed by atoms with Gasteiger partial charge in [-0.25, -0.2) is 4.98 Å². The zero-order valence-electron chi connectivity index (χ0n) is 16.3. The molecule has 0 aliphatic carbocycles. The van der Waals surface area contributed by atoms with Crippen LogP contribution < -0.4 is 15.5 Å².